The van der Waals surface area contributed by atoms with Gasteiger partial charge in [0.25, 0.3) is 5.91 Å². The van der Waals surface area contributed by atoms with Gasteiger partial charge in [-0.05, 0) is 99.1 Å². The number of amides is 3. The molecule has 2 aliphatic carbocycles. The van der Waals surface area contributed by atoms with Crippen molar-refractivity contribution in [2.45, 2.75) is 82.2 Å². The first kappa shape index (κ1) is 37.1. The summed E-state index contributed by atoms with van der Waals surface area (Å²) in [5.41, 5.74) is 6.47. The smallest absolute Gasteiger partial charge is 0.328 e. The van der Waals surface area contributed by atoms with E-state index < -0.39 is 11.5 Å². The first-order valence-corrected chi connectivity index (χ1v) is 19.4. The molecule has 7 rings (SSSR count). The Kier molecular flexibility index (Phi) is 11.0. The summed E-state index contributed by atoms with van der Waals surface area (Å²) in [5, 5.41) is 19.4. The summed E-state index contributed by atoms with van der Waals surface area (Å²) in [7, 11) is 4.00. The molecule has 2 heterocycles. The molecule has 3 aliphatic rings. The number of hydrogen-bond acceptors (Lipinski definition) is 5. The Morgan fingerprint density at radius 3 is 2.39 bits per heavy atom. The number of carbonyl (C=O) groups excluding carboxylic acids is 3. The van der Waals surface area contributed by atoms with Crippen LogP contribution in [0, 0.1) is 5.92 Å². The molecule has 4 N–H and O–H groups in total. The summed E-state index contributed by atoms with van der Waals surface area (Å²) in [5.74, 6) is -1.45. The van der Waals surface area contributed by atoms with E-state index in [0.29, 0.717) is 55.1 Å². The van der Waals surface area contributed by atoms with Gasteiger partial charge in [0.2, 0.25) is 11.8 Å². The van der Waals surface area contributed by atoms with Gasteiger partial charge in [0.15, 0.2) is 0 Å². The third-order valence-corrected chi connectivity index (χ3v) is 11.6. The van der Waals surface area contributed by atoms with E-state index in [1.807, 2.05) is 26.2 Å². The molecule has 1 atom stereocenters. The summed E-state index contributed by atoms with van der Waals surface area (Å²) < 4.78 is 2.31. The van der Waals surface area contributed by atoms with Gasteiger partial charge < -0.3 is 30.5 Å². The average Bonchev–Trinajstić information content (AvgIpc) is 3.72. The molecule has 0 saturated heterocycles. The highest BCUT2D eigenvalue weighted by atomic mass is 16.4. The van der Waals surface area contributed by atoms with E-state index in [-0.39, 0.29) is 23.6 Å². The lowest BCUT2D eigenvalue weighted by molar-refractivity contribution is -0.131. The van der Waals surface area contributed by atoms with E-state index >= 15 is 0 Å². The molecule has 54 heavy (non-hydrogen) atoms. The van der Waals surface area contributed by atoms with E-state index in [0.717, 1.165) is 54.8 Å². The van der Waals surface area contributed by atoms with Crippen LogP contribution in [0.2, 0.25) is 0 Å². The van der Waals surface area contributed by atoms with Gasteiger partial charge >= 0.3 is 5.97 Å². The van der Waals surface area contributed by atoms with Crippen molar-refractivity contribution in [3.8, 4) is 11.3 Å². The molecule has 1 aliphatic heterocycles. The van der Waals surface area contributed by atoms with Crippen LogP contribution in [0.15, 0.2) is 72.8 Å². The summed E-state index contributed by atoms with van der Waals surface area (Å²) in [4.78, 5) is 54.9. The fourth-order valence-corrected chi connectivity index (χ4v) is 8.78. The van der Waals surface area contributed by atoms with E-state index in [4.69, 9.17) is 5.11 Å². The summed E-state index contributed by atoms with van der Waals surface area (Å²) >= 11 is 0. The van der Waals surface area contributed by atoms with Crippen molar-refractivity contribution in [3.05, 3.63) is 95.1 Å². The van der Waals surface area contributed by atoms with Gasteiger partial charge in [-0.15, -0.1) is 0 Å². The molecule has 0 spiro atoms. The van der Waals surface area contributed by atoms with E-state index in [1.54, 1.807) is 24.3 Å². The molecule has 3 aromatic carbocycles. The Bertz CT molecular complexity index is 2070. The first-order valence-electron chi connectivity index (χ1n) is 19.4. The molecule has 1 aromatic heterocycles. The number of aliphatic carboxylic acids is 1. The average molecular weight is 730 g/mol. The number of benzene rings is 3. The van der Waals surface area contributed by atoms with Gasteiger partial charge in [-0.25, -0.2) is 4.79 Å². The van der Waals surface area contributed by atoms with Crippen molar-refractivity contribution < 1.29 is 24.3 Å². The summed E-state index contributed by atoms with van der Waals surface area (Å²) in [6.07, 6.45) is 11.7. The van der Waals surface area contributed by atoms with Gasteiger partial charge in [-0.1, -0.05) is 74.6 Å². The Labute approximate surface area is 317 Å². The van der Waals surface area contributed by atoms with Crippen molar-refractivity contribution in [1.29, 1.82) is 0 Å². The van der Waals surface area contributed by atoms with Gasteiger partial charge in [0, 0.05) is 53.4 Å². The van der Waals surface area contributed by atoms with Crippen LogP contribution in [0.5, 0.6) is 0 Å². The topological polar surface area (TPSA) is 133 Å². The maximum absolute atomic E-state index is 14.2. The molecule has 10 nitrogen and oxygen atoms in total. The maximum Gasteiger partial charge on any atom is 0.328 e. The number of nitrogens with zero attached hydrogens (tertiary/aromatic N) is 2. The van der Waals surface area contributed by atoms with Crippen LogP contribution in [0.25, 0.3) is 28.2 Å². The molecule has 282 valence electrons. The zero-order valence-electron chi connectivity index (χ0n) is 31.3. The number of aromatic nitrogens is 1. The summed E-state index contributed by atoms with van der Waals surface area (Å²) in [6.45, 7) is 1.84. The maximum atomic E-state index is 14.2. The Balaban J connectivity index is 1.22. The number of carboxylic acid groups (broad SMARTS) is 1. The van der Waals surface area contributed by atoms with Crippen LogP contribution in [-0.4, -0.2) is 71.0 Å². The standard InChI is InChI=1S/C44H51N5O5/c1-48(2)25-24-45-41(52)33-26-31-12-6-7-13-35(31)40-39(30-10-4-3-5-11-30)36-20-17-32(27-37(36)49(40)28-33)42(53)47-44(22-8-9-23-44)43(54)46-34-18-14-29(15-19-34)16-21-38(50)51/h6-7,12-21,27,30,33H,3-5,8-11,22-26,28H2,1-2H3,(H,45,52)(H,46,54)(H,47,53)(H,50,51)/b21-16+. The third-order valence-electron chi connectivity index (χ3n) is 11.6. The highest BCUT2D eigenvalue weighted by Gasteiger charge is 2.43. The van der Waals surface area contributed by atoms with Crippen LogP contribution >= 0.6 is 0 Å². The molecule has 1 unspecified atom stereocenters. The highest BCUT2D eigenvalue weighted by molar-refractivity contribution is 6.06. The normalized spacial score (nSPS) is 18.2. The Hall–Kier alpha value is -5.22. The third kappa shape index (κ3) is 7.85. The molecule has 10 heteroatoms. The first-order chi connectivity index (χ1) is 26.1. The lowest BCUT2D eigenvalue weighted by atomic mass is 9.81. The van der Waals surface area contributed by atoms with Crippen LogP contribution in [0.3, 0.4) is 0 Å². The van der Waals surface area contributed by atoms with Crippen molar-refractivity contribution >= 4 is 46.4 Å². The number of nitrogens with one attached hydrogen (secondary N) is 3. The molecule has 4 aromatic rings. The SMILES string of the molecule is CN(C)CCNC(=O)C1Cc2ccccc2-c2c(C3CCCCC3)c3ccc(C(=O)NC4(C(=O)Nc5ccc(/C=C/C(=O)O)cc5)CCCC4)cc3n2C1. The van der Waals surface area contributed by atoms with E-state index in [9.17, 15) is 19.2 Å². The minimum absolute atomic E-state index is 0.0371. The Morgan fingerprint density at radius 1 is 0.926 bits per heavy atom. The minimum Gasteiger partial charge on any atom is -0.478 e. The number of carbonyl (C=O) groups is 4. The number of anilines is 1. The van der Waals surface area contributed by atoms with Crippen molar-refractivity contribution in [3.63, 3.8) is 0 Å². The van der Waals surface area contributed by atoms with Gasteiger partial charge in [-0.2, -0.15) is 0 Å². The lowest BCUT2D eigenvalue weighted by Gasteiger charge is -2.29. The zero-order chi connectivity index (χ0) is 37.8. The second-order valence-electron chi connectivity index (χ2n) is 15.6. The van der Waals surface area contributed by atoms with Crippen molar-refractivity contribution in [2.24, 2.45) is 5.92 Å². The predicted molar refractivity (Wildman–Crippen MR) is 212 cm³/mol. The molecular formula is C44H51N5O5. The zero-order valence-corrected chi connectivity index (χ0v) is 31.3. The van der Waals surface area contributed by atoms with Crippen LogP contribution in [-0.2, 0) is 27.3 Å². The van der Waals surface area contributed by atoms with Gasteiger partial charge in [0.1, 0.15) is 5.54 Å². The summed E-state index contributed by atoms with van der Waals surface area (Å²) in [6, 6.07) is 21.4. The highest BCUT2D eigenvalue weighted by Crippen LogP contribution is 2.47. The quantitative estimate of drug-likeness (QED) is 0.123. The molecule has 0 radical (unpaired) electrons. The molecular weight excluding hydrogens is 679 g/mol. The number of fused-ring (bicyclic) bond motifs is 5. The number of likely N-dealkylation sites (N-methyl/N-ethyl adjacent to an activating group) is 1. The second kappa shape index (κ2) is 16.0. The largest absolute Gasteiger partial charge is 0.478 e. The predicted octanol–water partition coefficient (Wildman–Crippen LogP) is 6.99. The van der Waals surface area contributed by atoms with E-state index in [1.165, 1.54) is 42.2 Å². The number of rotatable bonds is 11. The van der Waals surface area contributed by atoms with Crippen molar-refractivity contribution in [2.75, 3.05) is 32.5 Å². The fraction of sp³-hybridized carbons (Fsp3) is 0.409. The lowest BCUT2D eigenvalue weighted by Crippen LogP contribution is -2.55. The van der Waals surface area contributed by atoms with Crippen LogP contribution in [0.4, 0.5) is 5.69 Å². The second-order valence-corrected chi connectivity index (χ2v) is 15.6. The van der Waals surface area contributed by atoms with Crippen LogP contribution in [0.1, 0.15) is 90.8 Å². The van der Waals surface area contributed by atoms with Crippen LogP contribution < -0.4 is 16.0 Å². The monoisotopic (exact) mass is 729 g/mol. The number of hydrogen-bond donors (Lipinski definition) is 4. The molecule has 2 fully saturated rings. The molecule has 0 bridgehead atoms. The van der Waals surface area contributed by atoms with Gasteiger partial charge in [0.05, 0.1) is 11.6 Å². The Morgan fingerprint density at radius 2 is 1.67 bits per heavy atom. The fourth-order valence-electron chi connectivity index (χ4n) is 8.78. The minimum atomic E-state index is -1.06. The van der Waals surface area contributed by atoms with Crippen molar-refractivity contribution in [1.82, 2.24) is 20.1 Å². The van der Waals surface area contributed by atoms with Gasteiger partial charge in [-0.3, -0.25) is 14.4 Å². The molecule has 2 saturated carbocycles. The molecule has 3 amide bonds. The number of carboxylic acids is 1. The van der Waals surface area contributed by atoms with E-state index in [2.05, 4.69) is 55.7 Å².